The van der Waals surface area contributed by atoms with E-state index in [1.807, 2.05) is 94.4 Å². The van der Waals surface area contributed by atoms with Crippen molar-refractivity contribution in [3.63, 3.8) is 0 Å². The monoisotopic (exact) mass is 584 g/mol. The molecule has 0 radical (unpaired) electrons. The minimum Gasteiger partial charge on any atom is -0.492 e. The highest BCUT2D eigenvalue weighted by molar-refractivity contribution is 5.98. The highest BCUT2D eigenvalue weighted by Crippen LogP contribution is 2.68. The fourth-order valence-electron chi connectivity index (χ4n) is 8.89. The zero-order chi connectivity index (χ0) is 30.5. The molecule has 2 saturated carbocycles. The third kappa shape index (κ3) is 4.69. The van der Waals surface area contributed by atoms with Crippen molar-refractivity contribution in [2.24, 2.45) is 34.5 Å². The number of carbonyl (C=O) groups is 2. The number of allylic oxidation sites excluding steroid dienone is 1. The zero-order valence-electron chi connectivity index (χ0n) is 25.0. The van der Waals surface area contributed by atoms with Gasteiger partial charge in [-0.25, -0.2) is 0 Å². The summed E-state index contributed by atoms with van der Waals surface area (Å²) in [6.07, 6.45) is 3.97. The number of hydrogen-bond acceptors (Lipinski definition) is 7. The van der Waals surface area contributed by atoms with Crippen molar-refractivity contribution in [2.45, 2.75) is 64.8 Å². The summed E-state index contributed by atoms with van der Waals surface area (Å²) in [7, 11) is 0. The van der Waals surface area contributed by atoms with Gasteiger partial charge in [0.25, 0.3) is 0 Å². The number of aliphatic hydroxyl groups excluding tert-OH is 2. The van der Waals surface area contributed by atoms with Crippen LogP contribution in [0.4, 0.5) is 0 Å². The lowest BCUT2D eigenvalue weighted by atomic mass is 9.38. The number of ether oxygens (including phenoxy) is 3. The summed E-state index contributed by atoms with van der Waals surface area (Å²) < 4.78 is 18.8. The van der Waals surface area contributed by atoms with Gasteiger partial charge in [0, 0.05) is 22.7 Å². The largest absolute Gasteiger partial charge is 0.492 e. The van der Waals surface area contributed by atoms with Crippen LogP contribution in [0.2, 0.25) is 0 Å². The van der Waals surface area contributed by atoms with E-state index >= 15 is 0 Å². The number of rotatable bonds is 6. The quantitative estimate of drug-likeness (QED) is 0.451. The van der Waals surface area contributed by atoms with Crippen molar-refractivity contribution in [2.75, 3.05) is 0 Å². The lowest BCUT2D eigenvalue weighted by Gasteiger charge is -2.68. The minimum absolute atomic E-state index is 0.205. The van der Waals surface area contributed by atoms with E-state index in [1.54, 1.807) is 18.4 Å². The molecular formula is C36H40O7. The van der Waals surface area contributed by atoms with Gasteiger partial charge in [0.15, 0.2) is 30.1 Å². The predicted molar refractivity (Wildman–Crippen MR) is 162 cm³/mol. The van der Waals surface area contributed by atoms with Crippen molar-refractivity contribution in [3.8, 4) is 0 Å². The molecule has 1 unspecified atom stereocenters. The van der Waals surface area contributed by atoms with Gasteiger partial charge >= 0.3 is 0 Å². The molecule has 0 spiro atoms. The van der Waals surface area contributed by atoms with Crippen LogP contribution in [0.1, 0.15) is 45.2 Å². The Morgan fingerprint density at radius 3 is 2.07 bits per heavy atom. The molecule has 1 heterocycles. The van der Waals surface area contributed by atoms with Gasteiger partial charge in [-0.05, 0) is 54.5 Å². The van der Waals surface area contributed by atoms with Crippen molar-refractivity contribution in [3.05, 3.63) is 96.0 Å². The van der Waals surface area contributed by atoms with Crippen molar-refractivity contribution < 1.29 is 34.0 Å². The third-order valence-corrected chi connectivity index (χ3v) is 10.7. The van der Waals surface area contributed by atoms with Crippen LogP contribution in [0, 0.1) is 34.5 Å². The normalized spacial score (nSPS) is 40.6. The van der Waals surface area contributed by atoms with Crippen LogP contribution in [0.3, 0.4) is 0 Å². The van der Waals surface area contributed by atoms with Crippen molar-refractivity contribution >= 4 is 23.7 Å². The molecule has 0 amide bonds. The maximum absolute atomic E-state index is 14.3. The van der Waals surface area contributed by atoms with Crippen molar-refractivity contribution in [1.82, 2.24) is 0 Å². The highest BCUT2D eigenvalue weighted by Gasteiger charge is 2.74. The van der Waals surface area contributed by atoms with Crippen LogP contribution >= 0.6 is 0 Å². The van der Waals surface area contributed by atoms with Gasteiger partial charge < -0.3 is 24.4 Å². The Morgan fingerprint density at radius 1 is 0.884 bits per heavy atom. The Labute approximate surface area is 252 Å². The summed E-state index contributed by atoms with van der Waals surface area (Å²) >= 11 is 0. The molecule has 2 aromatic carbocycles. The molecule has 3 fully saturated rings. The topological polar surface area (TPSA) is 102 Å². The Kier molecular flexibility index (Phi) is 7.69. The number of Topliss-reactive ketones (excluding diaryl/α,β-unsaturated/α-hetero) is 1. The predicted octanol–water partition coefficient (Wildman–Crippen LogP) is 5.19. The second kappa shape index (κ2) is 11.2. The molecular weight excluding hydrogens is 544 g/mol. The molecule has 3 aliphatic carbocycles. The maximum atomic E-state index is 14.3. The zero-order valence-corrected chi connectivity index (χ0v) is 25.0. The van der Waals surface area contributed by atoms with E-state index in [-0.39, 0.29) is 17.5 Å². The molecule has 1 aliphatic heterocycles. The third-order valence-electron chi connectivity index (χ3n) is 10.7. The number of carbonyl (C=O) groups excluding carboxylic acids is 2. The van der Waals surface area contributed by atoms with Gasteiger partial charge in [0.05, 0.1) is 18.6 Å². The van der Waals surface area contributed by atoms with Crippen LogP contribution < -0.4 is 0 Å². The van der Waals surface area contributed by atoms with Gasteiger partial charge in [-0.1, -0.05) is 87.0 Å². The fraction of sp³-hybridized carbons (Fsp3) is 0.444. The average molecular weight is 585 g/mol. The Bertz CT molecular complexity index is 1450. The van der Waals surface area contributed by atoms with E-state index in [0.717, 1.165) is 16.7 Å². The van der Waals surface area contributed by atoms with Crippen LogP contribution in [-0.4, -0.2) is 52.5 Å². The molecule has 2 aromatic rings. The lowest BCUT2D eigenvalue weighted by molar-refractivity contribution is -0.334. The minimum atomic E-state index is -1.30. The van der Waals surface area contributed by atoms with Crippen LogP contribution in [0.15, 0.2) is 84.8 Å². The number of benzene rings is 2. The molecule has 43 heavy (non-hydrogen) atoms. The first-order valence-corrected chi connectivity index (χ1v) is 15.1. The van der Waals surface area contributed by atoms with Gasteiger partial charge in [-0.2, -0.15) is 0 Å². The molecule has 2 N–H and O–H groups in total. The standard InChI is InChI=1S/C36H40O7/c1-21-19-26(37)33(42-18-16-24-13-9-6-10-14-24)35(3)25(21)20-27-36(4)28(22(2)29(38)30(39)32(35)36)31(34(40)43-27)41-17-15-23-11-7-5-8-12-23/h5-19,22,25,27-29,31-34,38,40H,20H2,1-4H3/b17-15+,18-16+/t22-,25+,27-,28-,29-,31-,32-,33-,34?,35+,36+/m1/s1. The first-order chi connectivity index (χ1) is 20.6. The maximum Gasteiger partial charge on any atom is 0.196 e. The Hall–Kier alpha value is -3.52. The van der Waals surface area contributed by atoms with Gasteiger partial charge in [0.1, 0.15) is 6.10 Å². The van der Waals surface area contributed by atoms with Gasteiger partial charge in [-0.3, -0.25) is 9.59 Å². The van der Waals surface area contributed by atoms with Crippen molar-refractivity contribution in [1.29, 1.82) is 0 Å². The molecule has 11 atom stereocenters. The second-order valence-corrected chi connectivity index (χ2v) is 13.0. The van der Waals surface area contributed by atoms with E-state index < -0.39 is 59.3 Å². The average Bonchev–Trinajstić information content (AvgIpc) is 2.98. The lowest BCUT2D eigenvalue weighted by Crippen LogP contribution is -2.76. The molecule has 6 rings (SSSR count). The molecule has 7 nitrogen and oxygen atoms in total. The smallest absolute Gasteiger partial charge is 0.196 e. The summed E-state index contributed by atoms with van der Waals surface area (Å²) in [6, 6.07) is 19.3. The number of ketones is 2. The summed E-state index contributed by atoms with van der Waals surface area (Å²) in [5, 5.41) is 22.8. The molecule has 0 bridgehead atoms. The summed E-state index contributed by atoms with van der Waals surface area (Å²) in [4.78, 5) is 27.9. The molecule has 4 aliphatic rings. The molecule has 226 valence electrons. The number of fused-ring (bicyclic) bond motifs is 2. The van der Waals surface area contributed by atoms with E-state index in [9.17, 15) is 19.8 Å². The number of hydrogen-bond donors (Lipinski definition) is 2. The molecule has 7 heteroatoms. The first kappa shape index (κ1) is 29.5. The number of aliphatic hydroxyl groups is 2. The van der Waals surface area contributed by atoms with E-state index in [1.165, 1.54) is 6.26 Å². The van der Waals surface area contributed by atoms with Gasteiger partial charge in [0.2, 0.25) is 0 Å². The summed E-state index contributed by atoms with van der Waals surface area (Å²) in [5.74, 6) is -2.51. The van der Waals surface area contributed by atoms with E-state index in [0.29, 0.717) is 6.42 Å². The second-order valence-electron chi connectivity index (χ2n) is 13.0. The summed E-state index contributed by atoms with van der Waals surface area (Å²) in [6.45, 7) is 7.70. The Morgan fingerprint density at radius 2 is 1.47 bits per heavy atom. The fourth-order valence-corrected chi connectivity index (χ4v) is 8.89. The highest BCUT2D eigenvalue weighted by atomic mass is 16.6. The first-order valence-electron chi connectivity index (χ1n) is 15.1. The van der Waals surface area contributed by atoms with Crippen LogP contribution in [-0.2, 0) is 23.8 Å². The molecule has 1 saturated heterocycles. The van der Waals surface area contributed by atoms with E-state index in [2.05, 4.69) is 0 Å². The molecule has 0 aromatic heterocycles. The van der Waals surface area contributed by atoms with E-state index in [4.69, 9.17) is 14.2 Å². The van der Waals surface area contributed by atoms with Crippen LogP contribution in [0.5, 0.6) is 0 Å². The van der Waals surface area contributed by atoms with Gasteiger partial charge in [-0.15, -0.1) is 0 Å². The Balaban J connectivity index is 1.40. The SMILES string of the molecule is CC1=CC(=O)[C@@H](O/C=C/c2ccccc2)[C@]2(C)[C@H]3C(=O)[C@H](O)[C@H](C)[C@@H]4[C@@H](O/C=C/c5ccccc5)C(O)O[C@H](C[C@@H]12)[C@@]43C. The van der Waals surface area contributed by atoms with Crippen LogP contribution in [0.25, 0.3) is 12.2 Å². The summed E-state index contributed by atoms with van der Waals surface area (Å²) in [5.41, 5.74) is 0.873.